The smallest absolute Gasteiger partial charge is 0.316 e. The normalized spacial score (nSPS) is 14.8. The van der Waals surface area contributed by atoms with Gasteiger partial charge in [-0.15, -0.1) is 0 Å². The lowest BCUT2D eigenvalue weighted by molar-refractivity contribution is 0.0647. The standard InChI is InChI=1S/C22H25N5O3/c1-14-8-10-26(11-9-14)22(29)21-23-19(25-30-21)13-27-20(28)7-6-18(24-27)17-5-4-15(2)16(3)12-17/h4-7,12,14H,8-11,13H2,1-3H3. The molecule has 8 heteroatoms. The Balaban J connectivity index is 1.53. The molecular weight excluding hydrogens is 382 g/mol. The number of amides is 1. The van der Waals surface area contributed by atoms with Crippen LogP contribution in [0.5, 0.6) is 0 Å². The van der Waals surface area contributed by atoms with E-state index >= 15 is 0 Å². The van der Waals surface area contributed by atoms with Crippen LogP contribution in [0.3, 0.4) is 0 Å². The first-order chi connectivity index (χ1) is 14.4. The minimum atomic E-state index is -0.273. The lowest BCUT2D eigenvalue weighted by Crippen LogP contribution is -2.38. The highest BCUT2D eigenvalue weighted by atomic mass is 16.5. The van der Waals surface area contributed by atoms with Crippen molar-refractivity contribution in [3.05, 3.63) is 63.5 Å². The molecule has 2 aromatic heterocycles. The fraction of sp³-hybridized carbons (Fsp3) is 0.409. The van der Waals surface area contributed by atoms with Gasteiger partial charge < -0.3 is 9.42 Å². The average Bonchev–Trinajstić information content (AvgIpc) is 3.20. The van der Waals surface area contributed by atoms with Gasteiger partial charge in [0.2, 0.25) is 0 Å². The first kappa shape index (κ1) is 20.0. The predicted octanol–water partition coefficient (Wildman–Crippen LogP) is 2.83. The molecule has 0 atom stereocenters. The van der Waals surface area contributed by atoms with Gasteiger partial charge in [0.05, 0.1) is 5.69 Å². The minimum absolute atomic E-state index is 0.0331. The second-order valence-corrected chi connectivity index (χ2v) is 8.00. The van der Waals surface area contributed by atoms with Crippen molar-refractivity contribution < 1.29 is 9.32 Å². The van der Waals surface area contributed by atoms with E-state index in [1.807, 2.05) is 32.0 Å². The average molecular weight is 407 g/mol. The van der Waals surface area contributed by atoms with Crippen molar-refractivity contribution in [3.8, 4) is 11.3 Å². The lowest BCUT2D eigenvalue weighted by atomic mass is 9.99. The molecule has 0 N–H and O–H groups in total. The number of hydrogen-bond donors (Lipinski definition) is 0. The third-order valence-corrected chi connectivity index (χ3v) is 5.68. The van der Waals surface area contributed by atoms with E-state index in [0.29, 0.717) is 24.7 Å². The van der Waals surface area contributed by atoms with E-state index in [4.69, 9.17) is 4.52 Å². The molecule has 0 saturated carbocycles. The monoisotopic (exact) mass is 407 g/mol. The summed E-state index contributed by atoms with van der Waals surface area (Å²) < 4.78 is 6.45. The van der Waals surface area contributed by atoms with Crippen molar-refractivity contribution in [3.63, 3.8) is 0 Å². The molecule has 0 aliphatic carbocycles. The molecule has 1 aromatic carbocycles. The third-order valence-electron chi connectivity index (χ3n) is 5.68. The van der Waals surface area contributed by atoms with Crippen LogP contribution in [-0.4, -0.2) is 43.8 Å². The zero-order valence-corrected chi connectivity index (χ0v) is 17.5. The molecular formula is C22H25N5O3. The molecule has 30 heavy (non-hydrogen) atoms. The Kier molecular flexibility index (Phi) is 5.48. The number of rotatable bonds is 4. The van der Waals surface area contributed by atoms with Gasteiger partial charge in [0.25, 0.3) is 5.56 Å². The summed E-state index contributed by atoms with van der Waals surface area (Å²) in [6.07, 6.45) is 1.94. The molecule has 1 aliphatic heterocycles. The van der Waals surface area contributed by atoms with Gasteiger partial charge in [-0.05, 0) is 55.9 Å². The molecule has 8 nitrogen and oxygen atoms in total. The number of benzene rings is 1. The van der Waals surface area contributed by atoms with Gasteiger partial charge in [0.15, 0.2) is 5.82 Å². The quantitative estimate of drug-likeness (QED) is 0.660. The Morgan fingerprint density at radius 2 is 1.90 bits per heavy atom. The summed E-state index contributed by atoms with van der Waals surface area (Å²) in [6, 6.07) is 9.21. The van der Waals surface area contributed by atoms with Crippen LogP contribution in [0.2, 0.25) is 0 Å². The first-order valence-corrected chi connectivity index (χ1v) is 10.2. The Morgan fingerprint density at radius 3 is 2.63 bits per heavy atom. The summed E-state index contributed by atoms with van der Waals surface area (Å²) in [6.45, 7) is 7.69. The van der Waals surface area contributed by atoms with Crippen LogP contribution in [0.4, 0.5) is 0 Å². The fourth-order valence-corrected chi connectivity index (χ4v) is 3.50. The van der Waals surface area contributed by atoms with E-state index in [1.165, 1.54) is 16.3 Å². The summed E-state index contributed by atoms with van der Waals surface area (Å²) in [4.78, 5) is 30.8. The molecule has 0 radical (unpaired) electrons. The van der Waals surface area contributed by atoms with E-state index in [9.17, 15) is 9.59 Å². The number of piperidine rings is 1. The van der Waals surface area contributed by atoms with Crippen LogP contribution < -0.4 is 5.56 Å². The summed E-state index contributed by atoms with van der Waals surface area (Å²) in [7, 11) is 0. The van der Waals surface area contributed by atoms with Crippen molar-refractivity contribution in [1.29, 1.82) is 0 Å². The molecule has 0 spiro atoms. The zero-order valence-electron chi connectivity index (χ0n) is 17.5. The Morgan fingerprint density at radius 1 is 1.13 bits per heavy atom. The van der Waals surface area contributed by atoms with E-state index in [1.54, 1.807) is 11.0 Å². The second-order valence-electron chi connectivity index (χ2n) is 8.00. The summed E-state index contributed by atoms with van der Waals surface area (Å²) in [5.41, 5.74) is 3.68. The van der Waals surface area contributed by atoms with E-state index in [0.717, 1.165) is 24.0 Å². The number of hydrogen-bond acceptors (Lipinski definition) is 6. The van der Waals surface area contributed by atoms with Crippen LogP contribution in [0, 0.1) is 19.8 Å². The molecule has 1 amide bonds. The predicted molar refractivity (Wildman–Crippen MR) is 111 cm³/mol. The van der Waals surface area contributed by atoms with Crippen LogP contribution >= 0.6 is 0 Å². The summed E-state index contributed by atoms with van der Waals surface area (Å²) in [5.74, 6) is 0.563. The van der Waals surface area contributed by atoms with Gasteiger partial charge in [0.1, 0.15) is 6.54 Å². The van der Waals surface area contributed by atoms with Gasteiger partial charge in [-0.1, -0.05) is 24.2 Å². The molecule has 1 aliphatic rings. The SMILES string of the molecule is Cc1ccc(-c2ccc(=O)n(Cc3noc(C(=O)N4CCC(C)CC4)n3)n2)cc1C. The molecule has 3 aromatic rings. The summed E-state index contributed by atoms with van der Waals surface area (Å²) >= 11 is 0. The molecule has 3 heterocycles. The summed E-state index contributed by atoms with van der Waals surface area (Å²) in [5, 5.41) is 8.33. The fourth-order valence-electron chi connectivity index (χ4n) is 3.50. The maximum atomic E-state index is 12.6. The molecule has 156 valence electrons. The number of likely N-dealkylation sites (tertiary alicyclic amines) is 1. The molecule has 0 bridgehead atoms. The molecule has 1 saturated heterocycles. The van der Waals surface area contributed by atoms with Crippen LogP contribution in [0.1, 0.15) is 47.4 Å². The van der Waals surface area contributed by atoms with Crippen LogP contribution in [0.25, 0.3) is 11.3 Å². The van der Waals surface area contributed by atoms with Crippen molar-refractivity contribution in [1.82, 2.24) is 24.8 Å². The third kappa shape index (κ3) is 4.17. The maximum Gasteiger partial charge on any atom is 0.316 e. The van der Waals surface area contributed by atoms with E-state index < -0.39 is 0 Å². The van der Waals surface area contributed by atoms with Crippen molar-refractivity contribution in [2.75, 3.05) is 13.1 Å². The number of nitrogens with zero attached hydrogens (tertiary/aromatic N) is 5. The zero-order chi connectivity index (χ0) is 21.3. The first-order valence-electron chi connectivity index (χ1n) is 10.2. The number of aryl methyl sites for hydroxylation is 2. The van der Waals surface area contributed by atoms with Crippen LogP contribution in [-0.2, 0) is 6.54 Å². The molecule has 4 rings (SSSR count). The topological polar surface area (TPSA) is 94.1 Å². The van der Waals surface area contributed by atoms with Gasteiger partial charge in [-0.2, -0.15) is 10.1 Å². The highest BCUT2D eigenvalue weighted by molar-refractivity contribution is 5.89. The Hall–Kier alpha value is -3.29. The number of aromatic nitrogens is 4. The van der Waals surface area contributed by atoms with Gasteiger partial charge in [-0.25, -0.2) is 4.68 Å². The van der Waals surface area contributed by atoms with Gasteiger partial charge in [0, 0.05) is 24.7 Å². The lowest BCUT2D eigenvalue weighted by Gasteiger charge is -2.28. The highest BCUT2D eigenvalue weighted by Crippen LogP contribution is 2.20. The second kappa shape index (κ2) is 8.22. The number of carbonyl (C=O) groups is 1. The number of carbonyl (C=O) groups excluding carboxylic acids is 1. The van der Waals surface area contributed by atoms with Crippen molar-refractivity contribution in [2.45, 2.75) is 40.2 Å². The largest absolute Gasteiger partial charge is 0.334 e. The maximum absolute atomic E-state index is 12.6. The van der Waals surface area contributed by atoms with Gasteiger partial charge in [-0.3, -0.25) is 9.59 Å². The van der Waals surface area contributed by atoms with Crippen molar-refractivity contribution >= 4 is 5.91 Å². The van der Waals surface area contributed by atoms with Gasteiger partial charge >= 0.3 is 11.8 Å². The minimum Gasteiger partial charge on any atom is -0.334 e. The Labute approximate surface area is 174 Å². The van der Waals surface area contributed by atoms with E-state index in [2.05, 4.69) is 22.2 Å². The van der Waals surface area contributed by atoms with E-state index in [-0.39, 0.29) is 29.7 Å². The highest BCUT2D eigenvalue weighted by Gasteiger charge is 2.26. The molecule has 1 fully saturated rings. The van der Waals surface area contributed by atoms with Crippen molar-refractivity contribution in [2.24, 2.45) is 5.92 Å². The molecule has 0 unspecified atom stereocenters. The van der Waals surface area contributed by atoms with Crippen LogP contribution in [0.15, 0.2) is 39.6 Å². The Bertz CT molecular complexity index is 1130.